The van der Waals surface area contributed by atoms with E-state index in [1.165, 1.54) is 54.6 Å². The second kappa shape index (κ2) is 11.8. The second-order valence-corrected chi connectivity index (χ2v) is 12.4. The first-order valence-electron chi connectivity index (χ1n) is 16.4. The van der Waals surface area contributed by atoms with Crippen molar-refractivity contribution < 1.29 is 0 Å². The molecule has 0 N–H and O–H groups in total. The van der Waals surface area contributed by atoms with Crippen molar-refractivity contribution in [1.29, 1.82) is 5.26 Å². The summed E-state index contributed by atoms with van der Waals surface area (Å²) in [4.78, 5) is 6.50. The average molecular weight is 624 g/mol. The first-order valence-corrected chi connectivity index (χ1v) is 16.4. The van der Waals surface area contributed by atoms with Crippen LogP contribution in [0, 0.1) is 11.3 Å². The topological polar surface area (TPSA) is 39.9 Å². The summed E-state index contributed by atoms with van der Waals surface area (Å²) in [6.07, 6.45) is 3.63. The third-order valence-electron chi connectivity index (χ3n) is 9.48. The molecule has 9 aromatic rings. The van der Waals surface area contributed by atoms with E-state index in [1.807, 2.05) is 42.6 Å². The quantitative estimate of drug-likeness (QED) is 0.173. The van der Waals surface area contributed by atoms with Gasteiger partial charge in [-0.3, -0.25) is 4.98 Å². The lowest BCUT2D eigenvalue weighted by atomic mass is 9.89. The zero-order chi connectivity index (χ0) is 32.7. The molecule has 0 atom stereocenters. The number of hydrogen-bond acceptors (Lipinski definition) is 3. The minimum absolute atomic E-state index is 0.633. The van der Waals surface area contributed by atoms with E-state index in [9.17, 15) is 5.26 Å². The molecular formula is C46H29N3. The Balaban J connectivity index is 1.03. The Hall–Kier alpha value is -6.76. The Morgan fingerprint density at radius 3 is 1.33 bits per heavy atom. The summed E-state index contributed by atoms with van der Waals surface area (Å²) in [5.74, 6) is 0. The number of hydrogen-bond donors (Lipinski definition) is 0. The maximum absolute atomic E-state index is 9.29. The van der Waals surface area contributed by atoms with Gasteiger partial charge in [-0.05, 0) is 138 Å². The molecule has 49 heavy (non-hydrogen) atoms. The monoisotopic (exact) mass is 623 g/mol. The van der Waals surface area contributed by atoms with Gasteiger partial charge < -0.3 is 4.90 Å². The fourth-order valence-corrected chi connectivity index (χ4v) is 7.08. The zero-order valence-corrected chi connectivity index (χ0v) is 26.6. The predicted molar refractivity (Wildman–Crippen MR) is 204 cm³/mol. The van der Waals surface area contributed by atoms with Crippen LogP contribution in [0.25, 0.3) is 65.7 Å². The van der Waals surface area contributed by atoms with Crippen molar-refractivity contribution >= 4 is 49.4 Å². The van der Waals surface area contributed by atoms with E-state index < -0.39 is 0 Å². The molecule has 0 saturated heterocycles. The van der Waals surface area contributed by atoms with E-state index in [1.54, 1.807) is 6.20 Å². The molecule has 0 amide bonds. The van der Waals surface area contributed by atoms with Gasteiger partial charge >= 0.3 is 0 Å². The van der Waals surface area contributed by atoms with Gasteiger partial charge in [0.05, 0.1) is 23.5 Å². The van der Waals surface area contributed by atoms with Crippen LogP contribution in [0.5, 0.6) is 0 Å². The molecule has 9 rings (SSSR count). The van der Waals surface area contributed by atoms with Crippen LogP contribution in [0.2, 0.25) is 0 Å². The predicted octanol–water partition coefficient (Wildman–Crippen LogP) is 12.3. The van der Waals surface area contributed by atoms with E-state index in [4.69, 9.17) is 0 Å². The van der Waals surface area contributed by atoms with Gasteiger partial charge in [-0.2, -0.15) is 5.26 Å². The minimum Gasteiger partial charge on any atom is -0.309 e. The van der Waals surface area contributed by atoms with Gasteiger partial charge in [-0.15, -0.1) is 0 Å². The highest BCUT2D eigenvalue weighted by molar-refractivity contribution is 6.24. The van der Waals surface area contributed by atoms with Crippen LogP contribution in [0.15, 0.2) is 176 Å². The minimum atomic E-state index is 0.633. The molecular weight excluding hydrogens is 595 g/mol. The molecule has 0 aliphatic rings. The van der Waals surface area contributed by atoms with E-state index in [0.29, 0.717) is 5.56 Å². The molecule has 8 aromatic carbocycles. The van der Waals surface area contributed by atoms with Gasteiger partial charge in [0.15, 0.2) is 0 Å². The molecule has 1 aromatic heterocycles. The Kier molecular flexibility index (Phi) is 6.85. The van der Waals surface area contributed by atoms with E-state index in [0.717, 1.165) is 28.2 Å². The lowest BCUT2D eigenvalue weighted by Gasteiger charge is -2.25. The Labute approximate surface area is 284 Å². The standard InChI is InChI=1S/C46H29N3/c47-29-31-8-20-42(21-9-31)49(44-7-4-24-48-30-44)43-22-18-34(19-23-43)33-10-12-35(13-11-33)41-27-38-16-14-36-25-40(32-5-2-1-3-6-32)26-37-15-17-39(28-41)46(38)45(36)37/h1-28,30H. The number of pyridine rings is 1. The van der Waals surface area contributed by atoms with Crippen LogP contribution in [0.3, 0.4) is 0 Å². The molecule has 0 aliphatic carbocycles. The highest BCUT2D eigenvalue weighted by Crippen LogP contribution is 2.40. The Morgan fingerprint density at radius 2 is 0.857 bits per heavy atom. The number of rotatable bonds is 6. The number of nitriles is 1. The summed E-state index contributed by atoms with van der Waals surface area (Å²) < 4.78 is 0. The molecule has 0 unspecified atom stereocenters. The first-order chi connectivity index (χ1) is 24.2. The molecule has 0 saturated carbocycles. The van der Waals surface area contributed by atoms with Crippen LogP contribution >= 0.6 is 0 Å². The molecule has 0 aliphatic heterocycles. The lowest BCUT2D eigenvalue weighted by molar-refractivity contribution is 1.23. The van der Waals surface area contributed by atoms with Crippen LogP contribution in [-0.4, -0.2) is 4.98 Å². The maximum Gasteiger partial charge on any atom is 0.0991 e. The van der Waals surface area contributed by atoms with Crippen molar-refractivity contribution in [3.05, 3.63) is 182 Å². The summed E-state index contributed by atoms with van der Waals surface area (Å²) in [6, 6.07) is 60.2. The van der Waals surface area contributed by atoms with Gasteiger partial charge in [0, 0.05) is 17.6 Å². The number of anilines is 3. The largest absolute Gasteiger partial charge is 0.309 e. The first kappa shape index (κ1) is 28.5. The van der Waals surface area contributed by atoms with Crippen LogP contribution in [-0.2, 0) is 0 Å². The second-order valence-electron chi connectivity index (χ2n) is 12.4. The van der Waals surface area contributed by atoms with E-state index in [2.05, 4.69) is 143 Å². The molecule has 3 heteroatoms. The summed E-state index contributed by atoms with van der Waals surface area (Å²) in [5.41, 5.74) is 10.8. The van der Waals surface area contributed by atoms with Crippen molar-refractivity contribution in [2.24, 2.45) is 0 Å². The summed E-state index contributed by atoms with van der Waals surface area (Å²) in [5, 5.41) is 17.0. The lowest BCUT2D eigenvalue weighted by Crippen LogP contribution is -2.10. The van der Waals surface area contributed by atoms with Crippen molar-refractivity contribution in [2.75, 3.05) is 4.90 Å². The van der Waals surface area contributed by atoms with E-state index >= 15 is 0 Å². The normalized spacial score (nSPS) is 11.2. The van der Waals surface area contributed by atoms with Gasteiger partial charge in [-0.25, -0.2) is 0 Å². The third kappa shape index (κ3) is 5.13. The Bertz CT molecular complexity index is 2550. The van der Waals surface area contributed by atoms with Crippen molar-refractivity contribution in [3.63, 3.8) is 0 Å². The summed E-state index contributed by atoms with van der Waals surface area (Å²) in [7, 11) is 0. The highest BCUT2D eigenvalue weighted by atomic mass is 15.1. The molecule has 0 radical (unpaired) electrons. The number of aromatic nitrogens is 1. The summed E-state index contributed by atoms with van der Waals surface area (Å²) >= 11 is 0. The fraction of sp³-hybridized carbons (Fsp3) is 0. The van der Waals surface area contributed by atoms with Gasteiger partial charge in [0.25, 0.3) is 0 Å². The molecule has 1 heterocycles. The maximum atomic E-state index is 9.29. The van der Waals surface area contributed by atoms with Crippen molar-refractivity contribution in [3.8, 4) is 39.4 Å². The molecule has 0 fully saturated rings. The SMILES string of the molecule is N#Cc1ccc(N(c2ccc(-c3ccc(-c4cc5ccc6cc(-c7ccccc7)cc7ccc(c4)c5c67)cc3)cc2)c2cccnc2)cc1. The number of nitrogens with zero attached hydrogens (tertiary/aromatic N) is 3. The van der Waals surface area contributed by atoms with Gasteiger partial charge in [0.2, 0.25) is 0 Å². The van der Waals surface area contributed by atoms with Gasteiger partial charge in [0.1, 0.15) is 0 Å². The molecule has 0 spiro atoms. The molecule has 0 bridgehead atoms. The Morgan fingerprint density at radius 1 is 0.408 bits per heavy atom. The van der Waals surface area contributed by atoms with Crippen molar-refractivity contribution in [2.45, 2.75) is 0 Å². The zero-order valence-electron chi connectivity index (χ0n) is 26.6. The summed E-state index contributed by atoms with van der Waals surface area (Å²) in [6.45, 7) is 0. The molecule has 228 valence electrons. The molecule has 3 nitrogen and oxygen atoms in total. The van der Waals surface area contributed by atoms with Gasteiger partial charge in [-0.1, -0.05) is 91.0 Å². The third-order valence-corrected chi connectivity index (χ3v) is 9.48. The van der Waals surface area contributed by atoms with Crippen LogP contribution < -0.4 is 4.90 Å². The number of benzene rings is 8. The van der Waals surface area contributed by atoms with Crippen LogP contribution in [0.4, 0.5) is 17.1 Å². The van der Waals surface area contributed by atoms with Crippen LogP contribution in [0.1, 0.15) is 5.56 Å². The smallest absolute Gasteiger partial charge is 0.0991 e. The van der Waals surface area contributed by atoms with Crippen molar-refractivity contribution in [1.82, 2.24) is 4.98 Å². The fourth-order valence-electron chi connectivity index (χ4n) is 7.08. The highest BCUT2D eigenvalue weighted by Gasteiger charge is 2.14. The average Bonchev–Trinajstić information content (AvgIpc) is 3.18. The van der Waals surface area contributed by atoms with E-state index in [-0.39, 0.29) is 0 Å².